The van der Waals surface area contributed by atoms with Crippen LogP contribution in [0.3, 0.4) is 0 Å². The van der Waals surface area contributed by atoms with E-state index < -0.39 is 0 Å². The summed E-state index contributed by atoms with van der Waals surface area (Å²) in [6.45, 7) is 4.85. The molecule has 0 spiro atoms. The summed E-state index contributed by atoms with van der Waals surface area (Å²) in [5.41, 5.74) is 2.70. The van der Waals surface area contributed by atoms with Gasteiger partial charge in [0.2, 0.25) is 0 Å². The summed E-state index contributed by atoms with van der Waals surface area (Å²) in [6, 6.07) is 9.73. The minimum Gasteiger partial charge on any atom is -0.378 e. The zero-order valence-corrected chi connectivity index (χ0v) is 15.4. The van der Waals surface area contributed by atoms with Crippen LogP contribution in [0.25, 0.3) is 5.69 Å². The summed E-state index contributed by atoms with van der Waals surface area (Å²) in [6.07, 6.45) is 3.41. The number of amides is 1. The van der Waals surface area contributed by atoms with Gasteiger partial charge < -0.3 is 15.0 Å². The Morgan fingerprint density at radius 3 is 2.71 bits per heavy atom. The number of aryl methyl sites for hydroxylation is 1. The molecule has 1 aliphatic rings. The second-order valence-corrected chi connectivity index (χ2v) is 6.53. The number of aromatic nitrogens is 3. The van der Waals surface area contributed by atoms with E-state index in [1.165, 1.54) is 12.1 Å². The van der Waals surface area contributed by atoms with Gasteiger partial charge in [-0.05, 0) is 48.9 Å². The van der Waals surface area contributed by atoms with E-state index in [9.17, 15) is 9.18 Å². The zero-order valence-electron chi connectivity index (χ0n) is 15.4. The van der Waals surface area contributed by atoms with Gasteiger partial charge in [-0.3, -0.25) is 4.79 Å². The van der Waals surface area contributed by atoms with Crippen molar-refractivity contribution in [3.05, 3.63) is 65.9 Å². The van der Waals surface area contributed by atoms with Gasteiger partial charge in [-0.2, -0.15) is 5.10 Å². The van der Waals surface area contributed by atoms with E-state index in [-0.39, 0.29) is 17.4 Å². The lowest BCUT2D eigenvalue weighted by Crippen LogP contribution is -2.36. The zero-order chi connectivity index (χ0) is 19.5. The van der Waals surface area contributed by atoms with Gasteiger partial charge in [-0.1, -0.05) is 0 Å². The van der Waals surface area contributed by atoms with E-state index in [2.05, 4.69) is 20.3 Å². The second-order valence-electron chi connectivity index (χ2n) is 6.53. The molecule has 144 valence electrons. The minimum absolute atomic E-state index is 0.253. The highest BCUT2D eigenvalue weighted by molar-refractivity contribution is 6.02. The highest BCUT2D eigenvalue weighted by atomic mass is 19.1. The van der Waals surface area contributed by atoms with Crippen molar-refractivity contribution in [2.24, 2.45) is 0 Å². The molecule has 0 aliphatic carbocycles. The SMILES string of the molecule is Cc1cc(F)ccc1-n1ccc(C(=O)Nc2ccc(N3CCOCC3)cn2)n1. The molecule has 3 aromatic rings. The van der Waals surface area contributed by atoms with Gasteiger partial charge in [0.1, 0.15) is 11.6 Å². The molecular formula is C20H20FN5O2. The number of morpholine rings is 1. The Bertz CT molecular complexity index is 981. The van der Waals surface area contributed by atoms with Gasteiger partial charge in [0.15, 0.2) is 5.69 Å². The number of anilines is 2. The number of pyridine rings is 1. The molecule has 1 aliphatic heterocycles. The van der Waals surface area contributed by atoms with Crippen LogP contribution in [0.5, 0.6) is 0 Å². The summed E-state index contributed by atoms with van der Waals surface area (Å²) in [5.74, 6) is -0.211. The van der Waals surface area contributed by atoms with Gasteiger partial charge in [0.05, 0.1) is 30.8 Å². The normalized spacial score (nSPS) is 14.1. The summed E-state index contributed by atoms with van der Waals surface area (Å²) in [7, 11) is 0. The Labute approximate surface area is 161 Å². The Kier molecular flexibility index (Phi) is 5.03. The third-order valence-corrected chi connectivity index (χ3v) is 4.59. The monoisotopic (exact) mass is 381 g/mol. The molecule has 2 aromatic heterocycles. The van der Waals surface area contributed by atoms with Crippen LogP contribution in [0.4, 0.5) is 15.9 Å². The Morgan fingerprint density at radius 2 is 2.00 bits per heavy atom. The second kappa shape index (κ2) is 7.77. The fourth-order valence-corrected chi connectivity index (χ4v) is 3.10. The van der Waals surface area contributed by atoms with Gasteiger partial charge in [-0.15, -0.1) is 0 Å². The van der Waals surface area contributed by atoms with Crippen molar-refractivity contribution in [2.45, 2.75) is 6.92 Å². The van der Waals surface area contributed by atoms with Crippen molar-refractivity contribution in [3.63, 3.8) is 0 Å². The number of hydrogen-bond acceptors (Lipinski definition) is 5. The molecule has 0 atom stereocenters. The molecular weight excluding hydrogens is 361 g/mol. The maximum Gasteiger partial charge on any atom is 0.277 e. The molecule has 1 saturated heterocycles. The third-order valence-electron chi connectivity index (χ3n) is 4.59. The third kappa shape index (κ3) is 3.86. The number of carbonyl (C=O) groups is 1. The lowest BCUT2D eigenvalue weighted by molar-refractivity contribution is 0.102. The number of nitrogens with one attached hydrogen (secondary N) is 1. The van der Waals surface area contributed by atoms with Crippen molar-refractivity contribution in [2.75, 3.05) is 36.5 Å². The number of benzene rings is 1. The van der Waals surface area contributed by atoms with Crippen LogP contribution in [-0.4, -0.2) is 47.0 Å². The average molecular weight is 381 g/mol. The largest absolute Gasteiger partial charge is 0.378 e. The van der Waals surface area contributed by atoms with E-state index in [4.69, 9.17) is 4.74 Å². The highest BCUT2D eigenvalue weighted by Crippen LogP contribution is 2.18. The maximum absolute atomic E-state index is 13.3. The number of carbonyl (C=O) groups excluding carboxylic acids is 1. The maximum atomic E-state index is 13.3. The first-order valence-electron chi connectivity index (χ1n) is 9.02. The number of rotatable bonds is 4. The van der Waals surface area contributed by atoms with Crippen LogP contribution < -0.4 is 10.2 Å². The number of ether oxygens (including phenoxy) is 1. The van der Waals surface area contributed by atoms with E-state index in [0.29, 0.717) is 24.7 Å². The van der Waals surface area contributed by atoms with Crippen LogP contribution >= 0.6 is 0 Å². The molecule has 4 rings (SSSR count). The van der Waals surface area contributed by atoms with E-state index >= 15 is 0 Å². The molecule has 28 heavy (non-hydrogen) atoms. The number of nitrogens with zero attached hydrogens (tertiary/aromatic N) is 4. The first kappa shape index (κ1) is 18.1. The van der Waals surface area contributed by atoms with E-state index in [0.717, 1.165) is 24.3 Å². The molecule has 7 nitrogen and oxygen atoms in total. The van der Waals surface area contributed by atoms with Crippen LogP contribution in [0.2, 0.25) is 0 Å². The molecule has 0 radical (unpaired) electrons. The smallest absolute Gasteiger partial charge is 0.277 e. The Balaban J connectivity index is 1.44. The van der Waals surface area contributed by atoms with Crippen LogP contribution in [0.15, 0.2) is 48.8 Å². The minimum atomic E-state index is -0.356. The molecule has 3 heterocycles. The quantitative estimate of drug-likeness (QED) is 0.752. The topological polar surface area (TPSA) is 72.3 Å². The molecule has 1 fully saturated rings. The summed E-state index contributed by atoms with van der Waals surface area (Å²) < 4.78 is 20.2. The van der Waals surface area contributed by atoms with Crippen molar-refractivity contribution < 1.29 is 13.9 Å². The number of hydrogen-bond donors (Lipinski definition) is 1. The van der Waals surface area contributed by atoms with Gasteiger partial charge in [0.25, 0.3) is 5.91 Å². The summed E-state index contributed by atoms with van der Waals surface area (Å²) in [5, 5.41) is 7.04. The highest BCUT2D eigenvalue weighted by Gasteiger charge is 2.14. The van der Waals surface area contributed by atoms with Crippen LogP contribution in [0, 0.1) is 12.7 Å². The fourth-order valence-electron chi connectivity index (χ4n) is 3.10. The van der Waals surface area contributed by atoms with Crippen molar-refractivity contribution in [1.29, 1.82) is 0 Å². The lowest BCUT2D eigenvalue weighted by atomic mass is 10.2. The van der Waals surface area contributed by atoms with Crippen molar-refractivity contribution in [3.8, 4) is 5.69 Å². The molecule has 8 heteroatoms. The van der Waals surface area contributed by atoms with Gasteiger partial charge in [-0.25, -0.2) is 14.1 Å². The molecule has 0 saturated carbocycles. The molecule has 0 unspecified atom stereocenters. The summed E-state index contributed by atoms with van der Waals surface area (Å²) in [4.78, 5) is 19.0. The molecule has 0 bridgehead atoms. The van der Waals surface area contributed by atoms with Crippen molar-refractivity contribution in [1.82, 2.24) is 14.8 Å². The number of halogens is 1. The Morgan fingerprint density at radius 1 is 1.18 bits per heavy atom. The van der Waals surface area contributed by atoms with E-state index in [1.807, 2.05) is 6.07 Å². The van der Waals surface area contributed by atoms with Gasteiger partial charge in [0, 0.05) is 19.3 Å². The lowest BCUT2D eigenvalue weighted by Gasteiger charge is -2.28. The standard InChI is InChI=1S/C20H20FN5O2/c1-14-12-15(21)2-4-18(14)26-7-6-17(24-26)20(27)23-19-5-3-16(13-22-19)25-8-10-28-11-9-25/h2-7,12-13H,8-11H2,1H3,(H,22,23,27). The fraction of sp³-hybridized carbons (Fsp3) is 0.250. The van der Waals surface area contributed by atoms with E-state index in [1.54, 1.807) is 42.2 Å². The average Bonchev–Trinajstić information content (AvgIpc) is 3.19. The summed E-state index contributed by atoms with van der Waals surface area (Å²) >= 11 is 0. The first-order chi connectivity index (χ1) is 13.6. The molecule has 1 amide bonds. The predicted molar refractivity (Wildman–Crippen MR) is 103 cm³/mol. The van der Waals surface area contributed by atoms with Crippen LogP contribution in [-0.2, 0) is 4.74 Å². The first-order valence-corrected chi connectivity index (χ1v) is 9.02. The van der Waals surface area contributed by atoms with Crippen molar-refractivity contribution >= 4 is 17.4 Å². The van der Waals surface area contributed by atoms with Crippen LogP contribution in [0.1, 0.15) is 16.1 Å². The molecule has 1 N–H and O–H groups in total. The predicted octanol–water partition coefficient (Wildman–Crippen LogP) is 2.80. The molecule has 1 aromatic carbocycles. The Hall–Kier alpha value is -3.26. The van der Waals surface area contributed by atoms with Gasteiger partial charge >= 0.3 is 0 Å².